The lowest BCUT2D eigenvalue weighted by molar-refractivity contribution is -0.923. The van der Waals surface area contributed by atoms with Gasteiger partial charge in [-0.2, -0.15) is 13.2 Å². The normalized spacial score (nSPS) is 25.6. The lowest BCUT2D eigenvalue weighted by Gasteiger charge is -2.33. The summed E-state index contributed by atoms with van der Waals surface area (Å²) in [6, 6.07) is 14.9. The molecule has 4 rings (SSSR count). The predicted octanol–water partition coefficient (Wildman–Crippen LogP) is 1.00. The SMILES string of the molecule is C[NH+]1C2CCC1CC(OC(=O)/C(=C/c1ccccc1)c1ccc(C(F)(F)F)cc1)C2.[Cl-]. The molecule has 0 radical (unpaired) electrons. The molecule has 166 valence electrons. The molecule has 2 aliphatic rings. The Morgan fingerprint density at radius 2 is 1.58 bits per heavy atom. The molecule has 2 saturated heterocycles. The van der Waals surface area contributed by atoms with Crippen molar-refractivity contribution in [1.29, 1.82) is 0 Å². The Hall–Kier alpha value is -2.31. The van der Waals surface area contributed by atoms with E-state index in [1.807, 2.05) is 30.3 Å². The third kappa shape index (κ3) is 5.31. The number of alkyl halides is 3. The van der Waals surface area contributed by atoms with Gasteiger partial charge in [-0.05, 0) is 29.3 Å². The molecule has 2 bridgehead atoms. The number of hydrogen-bond acceptors (Lipinski definition) is 2. The first-order valence-electron chi connectivity index (χ1n) is 10.3. The molecule has 2 atom stereocenters. The van der Waals surface area contributed by atoms with Crippen molar-refractivity contribution < 1.29 is 40.0 Å². The zero-order valence-corrected chi connectivity index (χ0v) is 17.9. The largest absolute Gasteiger partial charge is 1.00 e. The molecule has 2 aliphatic heterocycles. The molecule has 0 aliphatic carbocycles. The van der Waals surface area contributed by atoms with Crippen molar-refractivity contribution in [1.82, 2.24) is 0 Å². The molecule has 31 heavy (non-hydrogen) atoms. The van der Waals surface area contributed by atoms with Crippen molar-refractivity contribution in [2.24, 2.45) is 0 Å². The summed E-state index contributed by atoms with van der Waals surface area (Å²) in [6.45, 7) is 0. The van der Waals surface area contributed by atoms with Crippen LogP contribution in [0.2, 0.25) is 0 Å². The minimum absolute atomic E-state index is 0. The molecule has 0 amide bonds. The number of hydrogen-bond donors (Lipinski definition) is 1. The Labute approximate surface area is 186 Å². The summed E-state index contributed by atoms with van der Waals surface area (Å²) in [5, 5.41) is 0. The lowest BCUT2D eigenvalue weighted by atomic mass is 9.99. The van der Waals surface area contributed by atoms with Crippen LogP contribution >= 0.6 is 0 Å². The monoisotopic (exact) mass is 451 g/mol. The van der Waals surface area contributed by atoms with E-state index in [0.717, 1.165) is 43.4 Å². The van der Waals surface area contributed by atoms with Gasteiger partial charge < -0.3 is 22.0 Å². The van der Waals surface area contributed by atoms with Crippen molar-refractivity contribution in [2.45, 2.75) is 50.0 Å². The first-order chi connectivity index (χ1) is 14.3. The number of nitrogens with one attached hydrogen (secondary N) is 1. The standard InChI is InChI=1S/C24H24F3NO2.ClH/c1-28-19-11-12-20(28)15-21(14-19)30-23(29)22(13-16-5-3-2-4-6-16)17-7-9-18(10-8-17)24(25,26)27;/h2-10,13,19-21H,11-12,14-15H2,1H3;1H/b22-13+;. The molecule has 2 fully saturated rings. The van der Waals surface area contributed by atoms with E-state index in [1.165, 1.54) is 17.0 Å². The first kappa shape index (κ1) is 23.4. The summed E-state index contributed by atoms with van der Waals surface area (Å²) < 4.78 is 44.7. The molecule has 7 heteroatoms. The summed E-state index contributed by atoms with van der Waals surface area (Å²) in [5.41, 5.74) is 0.734. The number of carbonyl (C=O) groups is 1. The summed E-state index contributed by atoms with van der Waals surface area (Å²) in [7, 11) is 2.20. The fourth-order valence-electron chi connectivity index (χ4n) is 4.66. The van der Waals surface area contributed by atoms with Crippen molar-refractivity contribution >= 4 is 17.6 Å². The number of carbonyl (C=O) groups excluding carboxylic acids is 1. The highest BCUT2D eigenvalue weighted by Gasteiger charge is 2.43. The highest BCUT2D eigenvalue weighted by Crippen LogP contribution is 2.31. The number of halogens is 4. The third-order valence-electron chi connectivity index (χ3n) is 6.37. The van der Waals surface area contributed by atoms with Crippen molar-refractivity contribution in [2.75, 3.05) is 7.05 Å². The van der Waals surface area contributed by atoms with Crippen LogP contribution in [-0.4, -0.2) is 31.2 Å². The van der Waals surface area contributed by atoms with E-state index in [2.05, 4.69) is 7.05 Å². The van der Waals surface area contributed by atoms with E-state index in [0.29, 0.717) is 17.6 Å². The molecular weight excluding hydrogens is 427 g/mol. The average Bonchev–Trinajstić information content (AvgIpc) is 2.93. The number of benzene rings is 2. The summed E-state index contributed by atoms with van der Waals surface area (Å²) >= 11 is 0. The Morgan fingerprint density at radius 3 is 2.13 bits per heavy atom. The molecule has 2 heterocycles. The van der Waals surface area contributed by atoms with Gasteiger partial charge in [-0.25, -0.2) is 4.79 Å². The van der Waals surface area contributed by atoms with Gasteiger partial charge in [-0.15, -0.1) is 0 Å². The number of ether oxygens (including phenoxy) is 1. The van der Waals surface area contributed by atoms with Crippen LogP contribution in [0, 0.1) is 0 Å². The zero-order chi connectivity index (χ0) is 21.3. The molecule has 0 saturated carbocycles. The fraction of sp³-hybridized carbons (Fsp3) is 0.375. The van der Waals surface area contributed by atoms with Gasteiger partial charge in [0.2, 0.25) is 0 Å². The van der Waals surface area contributed by atoms with Gasteiger partial charge in [0.05, 0.1) is 30.3 Å². The number of fused-ring (bicyclic) bond motifs is 2. The van der Waals surface area contributed by atoms with E-state index in [-0.39, 0.29) is 24.1 Å². The van der Waals surface area contributed by atoms with Crippen LogP contribution in [0.3, 0.4) is 0 Å². The van der Waals surface area contributed by atoms with E-state index in [4.69, 9.17) is 4.74 Å². The number of esters is 1. The second-order valence-electron chi connectivity index (χ2n) is 8.26. The molecule has 3 nitrogen and oxygen atoms in total. The molecule has 2 unspecified atom stereocenters. The van der Waals surface area contributed by atoms with Gasteiger partial charge in [0.15, 0.2) is 0 Å². The molecule has 1 N–H and O–H groups in total. The molecule has 2 aromatic rings. The van der Waals surface area contributed by atoms with Crippen LogP contribution < -0.4 is 17.3 Å². The Kier molecular flexibility index (Phi) is 7.12. The van der Waals surface area contributed by atoms with Crippen LogP contribution in [0.4, 0.5) is 13.2 Å². The minimum Gasteiger partial charge on any atom is -1.00 e. The third-order valence-corrected chi connectivity index (χ3v) is 6.37. The van der Waals surface area contributed by atoms with E-state index >= 15 is 0 Å². The van der Waals surface area contributed by atoms with E-state index in [9.17, 15) is 18.0 Å². The van der Waals surface area contributed by atoms with Crippen molar-refractivity contribution in [3.05, 3.63) is 71.3 Å². The Bertz CT molecular complexity index is 914. The predicted molar refractivity (Wildman–Crippen MR) is 109 cm³/mol. The first-order valence-corrected chi connectivity index (χ1v) is 10.3. The van der Waals surface area contributed by atoms with Crippen LogP contribution in [-0.2, 0) is 15.7 Å². The Morgan fingerprint density at radius 1 is 1.00 bits per heavy atom. The van der Waals surface area contributed by atoms with Gasteiger partial charge >= 0.3 is 12.1 Å². The number of rotatable bonds is 4. The van der Waals surface area contributed by atoms with E-state index < -0.39 is 17.7 Å². The fourth-order valence-corrected chi connectivity index (χ4v) is 4.66. The van der Waals surface area contributed by atoms with Gasteiger partial charge in [-0.1, -0.05) is 42.5 Å². The van der Waals surface area contributed by atoms with Gasteiger partial charge in [0, 0.05) is 25.7 Å². The van der Waals surface area contributed by atoms with Crippen LogP contribution in [0.15, 0.2) is 54.6 Å². The summed E-state index contributed by atoms with van der Waals surface area (Å²) in [6.07, 6.45) is 1.08. The maximum Gasteiger partial charge on any atom is 0.416 e. The Balaban J connectivity index is 0.00000272. The van der Waals surface area contributed by atoms with Gasteiger partial charge in [-0.3, -0.25) is 0 Å². The smallest absolute Gasteiger partial charge is 0.416 e. The lowest BCUT2D eigenvalue weighted by Crippen LogP contribution is -3.15. The van der Waals surface area contributed by atoms with Crippen molar-refractivity contribution in [3.63, 3.8) is 0 Å². The maximum atomic E-state index is 13.1. The summed E-state index contributed by atoms with van der Waals surface area (Å²) in [5.74, 6) is -0.484. The second-order valence-corrected chi connectivity index (χ2v) is 8.26. The molecule has 0 aromatic heterocycles. The average molecular weight is 452 g/mol. The van der Waals surface area contributed by atoms with Gasteiger partial charge in [0.25, 0.3) is 0 Å². The maximum absolute atomic E-state index is 13.1. The van der Waals surface area contributed by atoms with E-state index in [1.54, 1.807) is 6.08 Å². The summed E-state index contributed by atoms with van der Waals surface area (Å²) in [4.78, 5) is 14.6. The minimum atomic E-state index is -4.42. The second kappa shape index (κ2) is 9.45. The molecular formula is C24H25ClF3NO2. The zero-order valence-electron chi connectivity index (χ0n) is 17.2. The highest BCUT2D eigenvalue weighted by molar-refractivity contribution is 6.21. The van der Waals surface area contributed by atoms with Crippen LogP contribution in [0.1, 0.15) is 42.4 Å². The van der Waals surface area contributed by atoms with Crippen molar-refractivity contribution in [3.8, 4) is 0 Å². The molecule has 0 spiro atoms. The number of piperidine rings is 1. The van der Waals surface area contributed by atoms with Crippen LogP contribution in [0.5, 0.6) is 0 Å². The quantitative estimate of drug-likeness (QED) is 0.427. The molecule has 2 aromatic carbocycles. The van der Waals surface area contributed by atoms with Gasteiger partial charge in [0.1, 0.15) is 6.10 Å². The van der Waals surface area contributed by atoms with Crippen LogP contribution in [0.25, 0.3) is 11.6 Å². The highest BCUT2D eigenvalue weighted by atomic mass is 35.5. The number of quaternary nitrogens is 1. The topological polar surface area (TPSA) is 30.7 Å².